The topological polar surface area (TPSA) is 37.3 Å². The van der Waals surface area contributed by atoms with Gasteiger partial charge in [-0.05, 0) is 11.1 Å². The number of hydrogen-bond donors (Lipinski definition) is 1. The fourth-order valence-corrected chi connectivity index (χ4v) is 0.946. The van der Waals surface area contributed by atoms with Gasteiger partial charge in [0.1, 0.15) is 0 Å². The number of aliphatic carboxylic acids is 1. The van der Waals surface area contributed by atoms with E-state index in [-0.39, 0.29) is 6.42 Å². The number of carboxylic acids is 1. The van der Waals surface area contributed by atoms with E-state index in [1.54, 1.807) is 18.2 Å². The van der Waals surface area contributed by atoms with Crippen LogP contribution in [0.2, 0.25) is 0 Å². The first-order valence-electron chi connectivity index (χ1n) is 3.65. The summed E-state index contributed by atoms with van der Waals surface area (Å²) in [6, 6.07) is 7.30. The molecule has 1 aromatic carbocycles. The molecule has 0 heterocycles. The minimum Gasteiger partial charge on any atom is -0.481 e. The molecule has 1 rings (SSSR count). The largest absolute Gasteiger partial charge is 0.481 e. The maximum absolute atomic E-state index is 10.3. The van der Waals surface area contributed by atoms with Crippen molar-refractivity contribution >= 4 is 12.0 Å². The van der Waals surface area contributed by atoms with Crippen LogP contribution in [0, 0.1) is 0 Å². The van der Waals surface area contributed by atoms with Crippen molar-refractivity contribution in [2.75, 3.05) is 0 Å². The molecule has 0 aromatic heterocycles. The van der Waals surface area contributed by atoms with Gasteiger partial charge < -0.3 is 5.11 Å². The van der Waals surface area contributed by atoms with Crippen molar-refractivity contribution in [3.8, 4) is 0 Å². The van der Waals surface area contributed by atoms with E-state index in [1.165, 1.54) is 0 Å². The molecule has 2 nitrogen and oxygen atoms in total. The van der Waals surface area contributed by atoms with Crippen molar-refractivity contribution in [2.45, 2.75) is 6.42 Å². The van der Waals surface area contributed by atoms with Gasteiger partial charge in [-0.2, -0.15) is 0 Å². The molecule has 1 N–H and O–H groups in total. The maximum atomic E-state index is 10.3. The van der Waals surface area contributed by atoms with E-state index in [1.807, 2.05) is 12.1 Å². The molecule has 0 radical (unpaired) electrons. The number of hydrogen-bond acceptors (Lipinski definition) is 1. The Labute approximate surface area is 71.2 Å². The van der Waals surface area contributed by atoms with Gasteiger partial charge in [-0.1, -0.05) is 36.9 Å². The van der Waals surface area contributed by atoms with Crippen molar-refractivity contribution in [3.63, 3.8) is 0 Å². The van der Waals surface area contributed by atoms with Crippen LogP contribution in [0.5, 0.6) is 0 Å². The Morgan fingerprint density at radius 3 is 2.42 bits per heavy atom. The van der Waals surface area contributed by atoms with Crippen LogP contribution >= 0.6 is 0 Å². The van der Waals surface area contributed by atoms with Gasteiger partial charge in [0.25, 0.3) is 0 Å². The molecule has 0 saturated carbocycles. The predicted octanol–water partition coefficient (Wildman–Crippen LogP) is 1.96. The van der Waals surface area contributed by atoms with E-state index in [4.69, 9.17) is 5.11 Å². The molecule has 62 valence electrons. The van der Waals surface area contributed by atoms with E-state index in [2.05, 4.69) is 6.58 Å². The van der Waals surface area contributed by atoms with Crippen LogP contribution in [0.25, 0.3) is 6.08 Å². The Kier molecular flexibility index (Phi) is 2.64. The molecule has 0 fully saturated rings. The van der Waals surface area contributed by atoms with E-state index in [0.717, 1.165) is 11.1 Å². The maximum Gasteiger partial charge on any atom is 0.307 e. The molecule has 12 heavy (non-hydrogen) atoms. The quantitative estimate of drug-likeness (QED) is 0.737. The third kappa shape index (κ3) is 2.23. The van der Waals surface area contributed by atoms with Crippen molar-refractivity contribution in [1.82, 2.24) is 0 Å². The van der Waals surface area contributed by atoms with E-state index in [9.17, 15) is 4.79 Å². The lowest BCUT2D eigenvalue weighted by Gasteiger charge is -1.96. The second kappa shape index (κ2) is 3.72. The molecule has 0 aliphatic rings. The summed E-state index contributed by atoms with van der Waals surface area (Å²) in [5, 5.41) is 8.47. The lowest BCUT2D eigenvalue weighted by Crippen LogP contribution is -1.99. The van der Waals surface area contributed by atoms with E-state index in [0.29, 0.717) is 0 Å². The molecule has 1 aromatic rings. The van der Waals surface area contributed by atoms with Crippen molar-refractivity contribution < 1.29 is 9.90 Å². The molecule has 0 unspecified atom stereocenters. The first kappa shape index (κ1) is 8.53. The molecule has 0 spiro atoms. The molecular formula is C10H10O2. The third-order valence-corrected chi connectivity index (χ3v) is 1.57. The molecule has 0 saturated heterocycles. The normalized spacial score (nSPS) is 9.33. The van der Waals surface area contributed by atoms with Gasteiger partial charge in [-0.25, -0.2) is 0 Å². The summed E-state index contributed by atoms with van der Waals surface area (Å²) in [4.78, 5) is 10.3. The SMILES string of the molecule is C=Cc1ccc(CC(=O)O)cc1. The Morgan fingerprint density at radius 2 is 2.00 bits per heavy atom. The lowest BCUT2D eigenvalue weighted by molar-refractivity contribution is -0.136. The Hall–Kier alpha value is -1.57. The summed E-state index contributed by atoms with van der Waals surface area (Å²) in [6.45, 7) is 3.61. The molecule has 2 heteroatoms. The van der Waals surface area contributed by atoms with Crippen molar-refractivity contribution in [2.24, 2.45) is 0 Å². The second-order valence-corrected chi connectivity index (χ2v) is 2.52. The highest BCUT2D eigenvalue weighted by molar-refractivity contribution is 5.70. The van der Waals surface area contributed by atoms with Crippen LogP contribution in [0.4, 0.5) is 0 Å². The first-order chi connectivity index (χ1) is 5.72. The smallest absolute Gasteiger partial charge is 0.307 e. The van der Waals surface area contributed by atoms with Gasteiger partial charge in [0, 0.05) is 0 Å². The van der Waals surface area contributed by atoms with Gasteiger partial charge in [0.15, 0.2) is 0 Å². The van der Waals surface area contributed by atoms with Crippen LogP contribution in [-0.4, -0.2) is 11.1 Å². The number of carbonyl (C=O) groups is 1. The highest BCUT2D eigenvalue weighted by Crippen LogP contribution is 2.05. The summed E-state index contributed by atoms with van der Waals surface area (Å²) in [5.41, 5.74) is 1.82. The average molecular weight is 162 g/mol. The van der Waals surface area contributed by atoms with Crippen LogP contribution in [0.15, 0.2) is 30.8 Å². The fourth-order valence-electron chi connectivity index (χ4n) is 0.946. The minimum absolute atomic E-state index is 0.0808. The van der Waals surface area contributed by atoms with E-state index < -0.39 is 5.97 Å². The summed E-state index contributed by atoms with van der Waals surface area (Å²) >= 11 is 0. The standard InChI is InChI=1S/C10H10O2/c1-2-8-3-5-9(6-4-8)7-10(11)12/h2-6H,1,7H2,(H,11,12). The highest BCUT2D eigenvalue weighted by Gasteiger charge is 1.98. The zero-order valence-electron chi connectivity index (χ0n) is 6.66. The molecule has 0 aliphatic heterocycles. The summed E-state index contributed by atoms with van der Waals surface area (Å²) in [7, 11) is 0. The lowest BCUT2D eigenvalue weighted by atomic mass is 10.1. The molecule has 0 amide bonds. The Morgan fingerprint density at radius 1 is 1.42 bits per heavy atom. The average Bonchev–Trinajstić information content (AvgIpc) is 2.05. The van der Waals surface area contributed by atoms with Gasteiger partial charge >= 0.3 is 5.97 Å². The fraction of sp³-hybridized carbons (Fsp3) is 0.100. The Bertz CT molecular complexity index is 285. The number of carboxylic acid groups (broad SMARTS) is 1. The minimum atomic E-state index is -0.804. The van der Waals surface area contributed by atoms with Gasteiger partial charge in [0.05, 0.1) is 6.42 Å². The Balaban J connectivity index is 2.77. The van der Waals surface area contributed by atoms with Crippen LogP contribution < -0.4 is 0 Å². The van der Waals surface area contributed by atoms with Crippen LogP contribution in [0.3, 0.4) is 0 Å². The first-order valence-corrected chi connectivity index (χ1v) is 3.65. The summed E-state index contributed by atoms with van der Waals surface area (Å²) in [5.74, 6) is -0.804. The van der Waals surface area contributed by atoms with Crippen molar-refractivity contribution in [3.05, 3.63) is 42.0 Å². The summed E-state index contributed by atoms with van der Waals surface area (Å²) < 4.78 is 0. The van der Waals surface area contributed by atoms with Crippen molar-refractivity contribution in [1.29, 1.82) is 0 Å². The van der Waals surface area contributed by atoms with Gasteiger partial charge in [0.2, 0.25) is 0 Å². The van der Waals surface area contributed by atoms with Crippen LogP contribution in [-0.2, 0) is 11.2 Å². The van der Waals surface area contributed by atoms with Gasteiger partial charge in [-0.3, -0.25) is 4.79 Å². The monoisotopic (exact) mass is 162 g/mol. The zero-order valence-corrected chi connectivity index (χ0v) is 6.66. The number of rotatable bonds is 3. The molecule has 0 aliphatic carbocycles. The summed E-state index contributed by atoms with van der Waals surface area (Å²) in [6.07, 6.45) is 1.81. The third-order valence-electron chi connectivity index (χ3n) is 1.57. The predicted molar refractivity (Wildman–Crippen MR) is 47.9 cm³/mol. The zero-order chi connectivity index (χ0) is 8.97. The molecule has 0 atom stereocenters. The highest BCUT2D eigenvalue weighted by atomic mass is 16.4. The van der Waals surface area contributed by atoms with E-state index >= 15 is 0 Å². The molecular weight excluding hydrogens is 152 g/mol. The van der Waals surface area contributed by atoms with Crippen LogP contribution in [0.1, 0.15) is 11.1 Å². The number of benzene rings is 1. The second-order valence-electron chi connectivity index (χ2n) is 2.52. The van der Waals surface area contributed by atoms with Gasteiger partial charge in [-0.15, -0.1) is 0 Å². The molecule has 0 bridgehead atoms.